The van der Waals surface area contributed by atoms with Gasteiger partial charge in [-0.05, 0) is 29.2 Å². The van der Waals surface area contributed by atoms with Crippen LogP contribution in [0.15, 0.2) is 121 Å². The topological polar surface area (TPSA) is 13.0 Å². The fraction of sp³-hybridized carbons (Fsp3) is 0.351. The van der Waals surface area contributed by atoms with Crippen LogP contribution in [0.25, 0.3) is 0 Å². The molecule has 214 valence electrons. The minimum Gasteiger partial charge on any atom is -0.297 e. The second-order valence-corrected chi connectivity index (χ2v) is 11.5. The normalized spacial score (nSPS) is 18.9. The zero-order valence-corrected chi connectivity index (χ0v) is 24.7. The van der Waals surface area contributed by atoms with Gasteiger partial charge in [0, 0.05) is 78.0 Å². The Hall–Kier alpha value is -3.28. The van der Waals surface area contributed by atoms with E-state index in [4.69, 9.17) is 0 Å². The van der Waals surface area contributed by atoms with E-state index >= 15 is 0 Å². The molecule has 4 heteroatoms. The van der Waals surface area contributed by atoms with Crippen molar-refractivity contribution in [3.8, 4) is 0 Å². The lowest BCUT2D eigenvalue weighted by molar-refractivity contribution is 0.0926. The SMILES string of the molecule is C[C@@H]1CN(Cc2ccccc2)CCN(Cc2ccccc2)CCN(Cc2ccccc2)CCN1Cc1ccccc1. The van der Waals surface area contributed by atoms with E-state index in [0.29, 0.717) is 6.04 Å². The highest BCUT2D eigenvalue weighted by Crippen LogP contribution is 2.15. The molecule has 1 heterocycles. The zero-order chi connectivity index (χ0) is 28.1. The van der Waals surface area contributed by atoms with Gasteiger partial charge in [0.15, 0.2) is 0 Å². The van der Waals surface area contributed by atoms with Gasteiger partial charge in [0.05, 0.1) is 0 Å². The predicted octanol–water partition coefficient (Wildman–Crippen LogP) is 6.40. The summed E-state index contributed by atoms with van der Waals surface area (Å²) in [6.07, 6.45) is 0. The monoisotopic (exact) mass is 546 g/mol. The molecule has 1 saturated heterocycles. The van der Waals surface area contributed by atoms with E-state index in [1.54, 1.807) is 0 Å². The van der Waals surface area contributed by atoms with Gasteiger partial charge >= 0.3 is 0 Å². The van der Waals surface area contributed by atoms with Crippen LogP contribution in [0.3, 0.4) is 0 Å². The number of hydrogen-bond donors (Lipinski definition) is 0. The Balaban J connectivity index is 1.37. The Morgan fingerprint density at radius 2 is 0.732 bits per heavy atom. The molecule has 0 spiro atoms. The first-order valence-electron chi connectivity index (χ1n) is 15.3. The van der Waals surface area contributed by atoms with Gasteiger partial charge in [-0.3, -0.25) is 19.6 Å². The third kappa shape index (κ3) is 9.65. The van der Waals surface area contributed by atoms with Crippen LogP contribution in [0.1, 0.15) is 29.2 Å². The number of hydrogen-bond acceptors (Lipinski definition) is 4. The summed E-state index contributed by atoms with van der Waals surface area (Å²) in [7, 11) is 0. The van der Waals surface area contributed by atoms with Crippen LogP contribution in [-0.4, -0.2) is 71.5 Å². The van der Waals surface area contributed by atoms with Gasteiger partial charge in [-0.15, -0.1) is 0 Å². The van der Waals surface area contributed by atoms with Gasteiger partial charge in [0.25, 0.3) is 0 Å². The van der Waals surface area contributed by atoms with Gasteiger partial charge in [-0.1, -0.05) is 121 Å². The van der Waals surface area contributed by atoms with Crippen molar-refractivity contribution in [3.63, 3.8) is 0 Å². The van der Waals surface area contributed by atoms with E-state index in [1.807, 2.05) is 0 Å². The van der Waals surface area contributed by atoms with E-state index in [0.717, 1.165) is 72.0 Å². The maximum atomic E-state index is 2.70. The van der Waals surface area contributed by atoms with Crippen LogP contribution < -0.4 is 0 Å². The molecule has 41 heavy (non-hydrogen) atoms. The van der Waals surface area contributed by atoms with Crippen molar-refractivity contribution in [2.75, 3.05) is 45.8 Å². The molecule has 5 rings (SSSR count). The van der Waals surface area contributed by atoms with Crippen LogP contribution in [0.5, 0.6) is 0 Å². The summed E-state index contributed by atoms with van der Waals surface area (Å²) in [5.74, 6) is 0. The Kier molecular flexibility index (Phi) is 11.2. The van der Waals surface area contributed by atoms with Gasteiger partial charge in [0.2, 0.25) is 0 Å². The molecule has 1 aliphatic rings. The van der Waals surface area contributed by atoms with Gasteiger partial charge < -0.3 is 0 Å². The smallest absolute Gasteiger partial charge is 0.0237 e. The average molecular weight is 547 g/mol. The Morgan fingerprint density at radius 1 is 0.415 bits per heavy atom. The van der Waals surface area contributed by atoms with Gasteiger partial charge in [-0.25, -0.2) is 0 Å². The lowest BCUT2D eigenvalue weighted by Gasteiger charge is -2.38. The van der Waals surface area contributed by atoms with Crippen molar-refractivity contribution in [1.29, 1.82) is 0 Å². The maximum Gasteiger partial charge on any atom is 0.0237 e. The fourth-order valence-electron chi connectivity index (χ4n) is 5.90. The number of rotatable bonds is 8. The first-order valence-corrected chi connectivity index (χ1v) is 15.3. The summed E-state index contributed by atoms with van der Waals surface area (Å²) in [6.45, 7) is 13.8. The second-order valence-electron chi connectivity index (χ2n) is 11.5. The summed E-state index contributed by atoms with van der Waals surface area (Å²) in [5.41, 5.74) is 5.58. The third-order valence-electron chi connectivity index (χ3n) is 8.29. The van der Waals surface area contributed by atoms with E-state index in [2.05, 4.69) is 148 Å². The molecule has 1 atom stereocenters. The largest absolute Gasteiger partial charge is 0.297 e. The molecule has 4 aromatic rings. The Morgan fingerprint density at radius 3 is 1.15 bits per heavy atom. The van der Waals surface area contributed by atoms with E-state index in [1.165, 1.54) is 22.3 Å². The molecule has 0 aromatic heterocycles. The lowest BCUT2D eigenvalue weighted by Crippen LogP contribution is -2.48. The summed E-state index contributed by atoms with van der Waals surface area (Å²) in [6, 6.07) is 44.4. The molecule has 1 aliphatic heterocycles. The van der Waals surface area contributed by atoms with Crippen LogP contribution >= 0.6 is 0 Å². The summed E-state index contributed by atoms with van der Waals surface area (Å²) in [5, 5.41) is 0. The van der Waals surface area contributed by atoms with Crippen molar-refractivity contribution < 1.29 is 0 Å². The quantitative estimate of drug-likeness (QED) is 0.254. The molecule has 0 saturated carbocycles. The lowest BCUT2D eigenvalue weighted by atomic mass is 10.1. The van der Waals surface area contributed by atoms with Crippen LogP contribution in [0.2, 0.25) is 0 Å². The predicted molar refractivity (Wildman–Crippen MR) is 171 cm³/mol. The second kappa shape index (κ2) is 15.6. The Labute approximate surface area is 247 Å². The first-order chi connectivity index (χ1) is 20.2. The molecule has 0 radical (unpaired) electrons. The average Bonchev–Trinajstić information content (AvgIpc) is 3.01. The number of nitrogens with zero attached hydrogens (tertiary/aromatic N) is 4. The highest BCUT2D eigenvalue weighted by molar-refractivity contribution is 5.17. The van der Waals surface area contributed by atoms with E-state index < -0.39 is 0 Å². The number of benzene rings is 4. The summed E-state index contributed by atoms with van der Waals surface area (Å²) < 4.78 is 0. The van der Waals surface area contributed by atoms with Gasteiger partial charge in [-0.2, -0.15) is 0 Å². The molecule has 0 aliphatic carbocycles. The molecular formula is C37H46N4. The molecular weight excluding hydrogens is 500 g/mol. The molecule has 0 amide bonds. The third-order valence-corrected chi connectivity index (χ3v) is 8.29. The van der Waals surface area contributed by atoms with Crippen molar-refractivity contribution in [2.24, 2.45) is 0 Å². The van der Waals surface area contributed by atoms with Crippen molar-refractivity contribution in [3.05, 3.63) is 144 Å². The van der Waals surface area contributed by atoms with E-state index in [9.17, 15) is 0 Å². The van der Waals surface area contributed by atoms with Gasteiger partial charge in [0.1, 0.15) is 0 Å². The van der Waals surface area contributed by atoms with Crippen LogP contribution in [-0.2, 0) is 26.2 Å². The highest BCUT2D eigenvalue weighted by Gasteiger charge is 2.22. The zero-order valence-electron chi connectivity index (χ0n) is 24.7. The molecule has 4 aromatic carbocycles. The molecule has 0 unspecified atom stereocenters. The van der Waals surface area contributed by atoms with E-state index in [-0.39, 0.29) is 0 Å². The fourth-order valence-corrected chi connectivity index (χ4v) is 5.90. The molecule has 4 nitrogen and oxygen atoms in total. The highest BCUT2D eigenvalue weighted by atomic mass is 15.3. The molecule has 1 fully saturated rings. The van der Waals surface area contributed by atoms with Crippen molar-refractivity contribution in [1.82, 2.24) is 19.6 Å². The maximum absolute atomic E-state index is 2.70. The molecule has 0 bridgehead atoms. The first kappa shape index (κ1) is 29.2. The van der Waals surface area contributed by atoms with Crippen molar-refractivity contribution >= 4 is 0 Å². The summed E-state index contributed by atoms with van der Waals surface area (Å²) in [4.78, 5) is 10.7. The minimum absolute atomic E-state index is 0.444. The van der Waals surface area contributed by atoms with Crippen LogP contribution in [0, 0.1) is 0 Å². The minimum atomic E-state index is 0.444. The Bertz CT molecular complexity index is 1250. The van der Waals surface area contributed by atoms with Crippen LogP contribution in [0.4, 0.5) is 0 Å². The standard InChI is InChI=1S/C37H46N4/c1-33-28-40(31-36-18-10-4-11-19-36)25-24-38(29-34-14-6-2-7-15-34)22-23-39(30-35-16-8-3-9-17-35)26-27-41(33)32-37-20-12-5-13-21-37/h2-21,33H,22-32H2,1H3/t33-/m1/s1. The summed E-state index contributed by atoms with van der Waals surface area (Å²) >= 11 is 0. The van der Waals surface area contributed by atoms with Crippen molar-refractivity contribution in [2.45, 2.75) is 39.1 Å². The molecule has 0 N–H and O–H groups in total.